The second kappa shape index (κ2) is 7.74. The number of imidazole rings is 1. The van der Waals surface area contributed by atoms with E-state index < -0.39 is 12.7 Å². The van der Waals surface area contributed by atoms with Crippen molar-refractivity contribution in [1.29, 1.82) is 0 Å². The Labute approximate surface area is 144 Å². The summed E-state index contributed by atoms with van der Waals surface area (Å²) in [4.78, 5) is 20.1. The van der Waals surface area contributed by atoms with Gasteiger partial charge in [-0.1, -0.05) is 11.6 Å². The first-order valence-electron chi connectivity index (χ1n) is 7.88. The number of rotatable bonds is 5. The number of aromatic nitrogens is 2. The molecule has 2 rings (SSSR count). The third-order valence-corrected chi connectivity index (χ3v) is 4.57. The fraction of sp³-hybridized carbons (Fsp3) is 0.733. The van der Waals surface area contributed by atoms with Gasteiger partial charge < -0.3 is 14.4 Å². The first kappa shape index (κ1) is 19.1. The highest BCUT2D eigenvalue weighted by molar-refractivity contribution is 6.29. The molecule has 1 aliphatic heterocycles. The van der Waals surface area contributed by atoms with Crippen molar-refractivity contribution < 1.29 is 18.0 Å². The highest BCUT2D eigenvalue weighted by atomic mass is 35.5. The minimum atomic E-state index is -4.38. The van der Waals surface area contributed by atoms with Gasteiger partial charge in [-0.15, -0.1) is 0 Å². The molecule has 1 aromatic heterocycles. The number of hydrogen-bond donors (Lipinski definition) is 0. The summed E-state index contributed by atoms with van der Waals surface area (Å²) in [5.74, 6) is 0.131. The number of likely N-dealkylation sites (N-methyl/N-ethyl adjacent to an activating group) is 1. The van der Waals surface area contributed by atoms with Crippen LogP contribution < -0.4 is 0 Å². The lowest BCUT2D eigenvalue weighted by Crippen LogP contribution is -2.47. The Morgan fingerprint density at radius 2 is 2.17 bits per heavy atom. The molecule has 1 atom stereocenters. The Bertz CT molecular complexity index is 574. The van der Waals surface area contributed by atoms with Crippen molar-refractivity contribution in [3.8, 4) is 0 Å². The summed E-state index contributed by atoms with van der Waals surface area (Å²) in [6, 6.07) is 0.323. The quantitative estimate of drug-likeness (QED) is 0.804. The molecule has 0 aliphatic carbocycles. The average molecular weight is 367 g/mol. The molecular weight excluding hydrogens is 345 g/mol. The molecule has 0 unspecified atom stereocenters. The van der Waals surface area contributed by atoms with Crippen LogP contribution in [0.1, 0.15) is 25.1 Å². The zero-order valence-electron chi connectivity index (χ0n) is 13.8. The van der Waals surface area contributed by atoms with Gasteiger partial charge in [0.25, 0.3) is 0 Å². The molecular formula is C15H22ClF3N4O. The van der Waals surface area contributed by atoms with E-state index in [0.29, 0.717) is 19.1 Å². The predicted molar refractivity (Wildman–Crippen MR) is 84.9 cm³/mol. The van der Waals surface area contributed by atoms with Gasteiger partial charge in [-0.2, -0.15) is 13.2 Å². The van der Waals surface area contributed by atoms with Gasteiger partial charge in [-0.05, 0) is 26.9 Å². The van der Waals surface area contributed by atoms with Gasteiger partial charge in [0.1, 0.15) is 17.5 Å². The number of carbonyl (C=O) groups excluding carboxylic acids is 1. The lowest BCUT2D eigenvalue weighted by molar-refractivity contribution is -0.141. The van der Waals surface area contributed by atoms with Crippen molar-refractivity contribution in [1.82, 2.24) is 19.4 Å². The van der Waals surface area contributed by atoms with Gasteiger partial charge in [0.15, 0.2) is 0 Å². The Balaban J connectivity index is 1.95. The van der Waals surface area contributed by atoms with Gasteiger partial charge in [0, 0.05) is 32.0 Å². The number of piperidine rings is 1. The molecule has 136 valence electrons. The Morgan fingerprint density at radius 3 is 2.79 bits per heavy atom. The molecule has 1 aliphatic rings. The smallest absolute Gasteiger partial charge is 0.341 e. The van der Waals surface area contributed by atoms with E-state index in [1.807, 2.05) is 14.1 Å². The lowest BCUT2D eigenvalue weighted by Gasteiger charge is -2.36. The molecule has 0 aromatic carbocycles. The fourth-order valence-electron chi connectivity index (χ4n) is 2.92. The predicted octanol–water partition coefficient (Wildman–Crippen LogP) is 2.58. The van der Waals surface area contributed by atoms with Crippen molar-refractivity contribution in [3.05, 3.63) is 17.2 Å². The van der Waals surface area contributed by atoms with Gasteiger partial charge in [-0.3, -0.25) is 4.79 Å². The second-order valence-corrected chi connectivity index (χ2v) is 6.69. The molecule has 0 saturated carbocycles. The normalized spacial score (nSPS) is 19.1. The first-order chi connectivity index (χ1) is 11.2. The minimum Gasteiger partial charge on any atom is -0.341 e. The number of nitrogens with zero attached hydrogens (tertiary/aromatic N) is 4. The third kappa shape index (κ3) is 5.11. The summed E-state index contributed by atoms with van der Waals surface area (Å²) >= 11 is 5.77. The maximum absolute atomic E-state index is 12.6. The summed E-state index contributed by atoms with van der Waals surface area (Å²) in [5.41, 5.74) is 0. The molecule has 1 amide bonds. The Morgan fingerprint density at radius 1 is 1.46 bits per heavy atom. The maximum atomic E-state index is 12.6. The molecule has 5 nitrogen and oxygen atoms in total. The van der Waals surface area contributed by atoms with E-state index in [9.17, 15) is 18.0 Å². The minimum absolute atomic E-state index is 0.0563. The van der Waals surface area contributed by atoms with Crippen LogP contribution >= 0.6 is 11.6 Å². The molecule has 1 aromatic rings. The van der Waals surface area contributed by atoms with Crippen molar-refractivity contribution in [2.75, 3.05) is 27.2 Å². The third-order valence-electron chi connectivity index (χ3n) is 4.27. The molecule has 0 N–H and O–H groups in total. The van der Waals surface area contributed by atoms with Crippen LogP contribution in [-0.4, -0.2) is 64.7 Å². The molecule has 0 radical (unpaired) electrons. The molecule has 0 bridgehead atoms. The monoisotopic (exact) mass is 366 g/mol. The van der Waals surface area contributed by atoms with E-state index >= 15 is 0 Å². The Hall–Kier alpha value is -1.28. The first-order valence-corrected chi connectivity index (χ1v) is 8.26. The number of likely N-dealkylation sites (tertiary alicyclic amines) is 1. The molecule has 1 saturated heterocycles. The lowest BCUT2D eigenvalue weighted by atomic mass is 10.0. The average Bonchev–Trinajstić information content (AvgIpc) is 2.84. The van der Waals surface area contributed by atoms with Gasteiger partial charge in [0.05, 0.1) is 6.20 Å². The van der Waals surface area contributed by atoms with Gasteiger partial charge >= 0.3 is 6.18 Å². The van der Waals surface area contributed by atoms with Crippen LogP contribution in [0.25, 0.3) is 0 Å². The van der Waals surface area contributed by atoms with Gasteiger partial charge in [0.2, 0.25) is 5.91 Å². The standard InChI is InChI=1S/C15H22ClF3N4O/c1-21(2)11-4-3-7-22(9-11)14(24)6-5-13-20-8-12(16)23(13)10-15(17,18)19/h8,11H,3-7,9-10H2,1-2H3/t11-/m1/s1. The van der Waals surface area contributed by atoms with Crippen LogP contribution in [-0.2, 0) is 17.8 Å². The van der Waals surface area contributed by atoms with Crippen LogP contribution in [0.5, 0.6) is 0 Å². The zero-order valence-corrected chi connectivity index (χ0v) is 14.6. The summed E-state index contributed by atoms with van der Waals surface area (Å²) in [7, 11) is 3.96. The maximum Gasteiger partial charge on any atom is 0.406 e. The summed E-state index contributed by atoms with van der Waals surface area (Å²) in [5, 5.41) is -0.0691. The summed E-state index contributed by atoms with van der Waals surface area (Å²) < 4.78 is 38.7. The van der Waals surface area contributed by atoms with Crippen LogP contribution in [0, 0.1) is 0 Å². The van der Waals surface area contributed by atoms with Crippen molar-refractivity contribution in [2.24, 2.45) is 0 Å². The van der Waals surface area contributed by atoms with E-state index in [-0.39, 0.29) is 29.7 Å². The highest BCUT2D eigenvalue weighted by Crippen LogP contribution is 2.23. The van der Waals surface area contributed by atoms with Crippen LogP contribution in [0.4, 0.5) is 13.2 Å². The molecule has 1 fully saturated rings. The molecule has 9 heteroatoms. The second-order valence-electron chi connectivity index (χ2n) is 6.30. The number of carbonyl (C=O) groups is 1. The van der Waals surface area contributed by atoms with E-state index in [2.05, 4.69) is 9.88 Å². The van der Waals surface area contributed by atoms with E-state index in [4.69, 9.17) is 11.6 Å². The SMILES string of the molecule is CN(C)[C@@H]1CCCN(C(=O)CCc2ncc(Cl)n2CC(F)(F)F)C1. The molecule has 0 spiro atoms. The molecule has 24 heavy (non-hydrogen) atoms. The topological polar surface area (TPSA) is 41.4 Å². The highest BCUT2D eigenvalue weighted by Gasteiger charge is 2.30. The number of amides is 1. The zero-order chi connectivity index (χ0) is 17.9. The van der Waals surface area contributed by atoms with E-state index in [1.54, 1.807) is 4.90 Å². The van der Waals surface area contributed by atoms with Crippen molar-refractivity contribution in [2.45, 2.75) is 44.4 Å². The number of aryl methyl sites for hydroxylation is 1. The van der Waals surface area contributed by atoms with Crippen LogP contribution in [0.3, 0.4) is 0 Å². The largest absolute Gasteiger partial charge is 0.406 e. The summed E-state index contributed by atoms with van der Waals surface area (Å²) in [6.07, 6.45) is -0.938. The van der Waals surface area contributed by atoms with Crippen LogP contribution in [0.15, 0.2) is 6.20 Å². The fourth-order valence-corrected chi connectivity index (χ4v) is 3.12. The van der Waals surface area contributed by atoms with Crippen molar-refractivity contribution >= 4 is 17.5 Å². The van der Waals surface area contributed by atoms with Crippen LogP contribution in [0.2, 0.25) is 5.15 Å². The Kier molecular flexibility index (Phi) is 6.14. The van der Waals surface area contributed by atoms with Gasteiger partial charge in [-0.25, -0.2) is 4.98 Å². The number of alkyl halides is 3. The van der Waals surface area contributed by atoms with E-state index in [0.717, 1.165) is 17.4 Å². The molecule has 2 heterocycles. The summed E-state index contributed by atoms with van der Waals surface area (Å²) in [6.45, 7) is 0.159. The van der Waals surface area contributed by atoms with E-state index in [1.165, 1.54) is 6.20 Å². The number of hydrogen-bond acceptors (Lipinski definition) is 3. The number of halogens is 4. The van der Waals surface area contributed by atoms with Crippen molar-refractivity contribution in [3.63, 3.8) is 0 Å².